The highest BCUT2D eigenvalue weighted by molar-refractivity contribution is 5.73. The Labute approximate surface area is 196 Å². The van der Waals surface area contributed by atoms with Crippen molar-refractivity contribution in [1.29, 1.82) is 0 Å². The van der Waals surface area contributed by atoms with E-state index in [0.717, 1.165) is 19.3 Å². The lowest BCUT2D eigenvalue weighted by Gasteiger charge is -2.42. The molecule has 1 aliphatic rings. The Morgan fingerprint density at radius 3 is 2.21 bits per heavy atom. The second-order valence-corrected chi connectivity index (χ2v) is 9.11. The summed E-state index contributed by atoms with van der Waals surface area (Å²) in [7, 11) is 0. The quantitative estimate of drug-likeness (QED) is 0.218. The van der Waals surface area contributed by atoms with Gasteiger partial charge in [-0.2, -0.15) is 0 Å². The number of carbonyl (C=O) groups is 2. The molecule has 11 nitrogen and oxygen atoms in total. The van der Waals surface area contributed by atoms with Crippen molar-refractivity contribution in [2.75, 3.05) is 39.6 Å². The predicted molar refractivity (Wildman–Crippen MR) is 120 cm³/mol. The van der Waals surface area contributed by atoms with Crippen LogP contribution in [0.25, 0.3) is 0 Å². The normalized spacial score (nSPS) is 25.5. The third-order valence-corrected chi connectivity index (χ3v) is 4.96. The van der Waals surface area contributed by atoms with Crippen molar-refractivity contribution in [2.45, 2.75) is 89.4 Å². The third kappa shape index (κ3) is 12.5. The number of carbonyl (C=O) groups excluding carboxylic acids is 2. The molecule has 1 aliphatic heterocycles. The summed E-state index contributed by atoms with van der Waals surface area (Å²) in [5.41, 5.74) is -0.527. The zero-order chi connectivity index (χ0) is 24.9. The Morgan fingerprint density at radius 1 is 0.939 bits per heavy atom. The van der Waals surface area contributed by atoms with Gasteiger partial charge in [0.25, 0.3) is 0 Å². The second-order valence-electron chi connectivity index (χ2n) is 9.11. The molecule has 1 heterocycles. The Hall–Kier alpha value is -1.50. The molecule has 194 valence electrons. The number of amides is 2. The molecule has 0 bridgehead atoms. The number of nitrogens with one attached hydrogen (secondary N) is 2. The number of aliphatic hydroxyl groups is 3. The minimum absolute atomic E-state index is 0.321. The van der Waals surface area contributed by atoms with Crippen molar-refractivity contribution in [3.05, 3.63) is 0 Å². The lowest BCUT2D eigenvalue weighted by Crippen LogP contribution is -2.63. The molecule has 0 aliphatic carbocycles. The van der Waals surface area contributed by atoms with E-state index in [0.29, 0.717) is 39.4 Å². The van der Waals surface area contributed by atoms with Crippen LogP contribution in [0, 0.1) is 0 Å². The van der Waals surface area contributed by atoms with E-state index in [4.69, 9.17) is 18.9 Å². The van der Waals surface area contributed by atoms with Crippen LogP contribution in [0.2, 0.25) is 0 Å². The van der Waals surface area contributed by atoms with Crippen LogP contribution < -0.4 is 10.6 Å². The van der Waals surface area contributed by atoms with Gasteiger partial charge in [-0.3, -0.25) is 4.79 Å². The Balaban J connectivity index is 2.10. The van der Waals surface area contributed by atoms with Crippen molar-refractivity contribution in [2.24, 2.45) is 0 Å². The van der Waals surface area contributed by atoms with E-state index >= 15 is 0 Å². The van der Waals surface area contributed by atoms with Gasteiger partial charge in [-0.25, -0.2) is 4.79 Å². The molecule has 1 saturated heterocycles. The standard InChI is InChI=1S/C22H42N2O9/c1-15(26)24-18-16(32-17(14-25)19(27)20(18)28)8-6-5-7-10-30-12-13-31-11-9-23-21(29)33-22(2,3)4/h16-20,25,27-28H,5-14H2,1-4H3,(H,23,29)(H,24,26)/t16-,17-,18?,19+,20-/m1/s1. The topological polar surface area (TPSA) is 156 Å². The van der Waals surface area contributed by atoms with E-state index in [-0.39, 0.29) is 5.91 Å². The molecule has 5 N–H and O–H groups in total. The molecule has 2 amide bonds. The SMILES string of the molecule is CC(=O)NC1[C@@H](O)[C@@H](O)[C@@H](CO)O[C@@H]1CCCCCOCCOCCNC(=O)OC(C)(C)C. The smallest absolute Gasteiger partial charge is 0.407 e. The number of unbranched alkanes of at least 4 members (excludes halogenated alkanes) is 2. The lowest BCUT2D eigenvalue weighted by atomic mass is 9.90. The van der Waals surface area contributed by atoms with Crippen LogP contribution in [-0.2, 0) is 23.7 Å². The van der Waals surface area contributed by atoms with Crippen LogP contribution in [-0.4, -0.2) is 103 Å². The van der Waals surface area contributed by atoms with E-state index in [2.05, 4.69) is 10.6 Å². The Morgan fingerprint density at radius 2 is 1.61 bits per heavy atom. The van der Waals surface area contributed by atoms with Gasteiger partial charge >= 0.3 is 6.09 Å². The minimum atomic E-state index is -1.26. The van der Waals surface area contributed by atoms with E-state index in [1.807, 2.05) is 0 Å². The number of aliphatic hydroxyl groups excluding tert-OH is 3. The van der Waals surface area contributed by atoms with Crippen molar-refractivity contribution >= 4 is 12.0 Å². The first-order chi connectivity index (χ1) is 15.5. The van der Waals surface area contributed by atoms with Crippen LogP contribution in [0.5, 0.6) is 0 Å². The lowest BCUT2D eigenvalue weighted by molar-refractivity contribution is -0.196. The van der Waals surface area contributed by atoms with Gasteiger partial charge in [0.2, 0.25) is 5.91 Å². The van der Waals surface area contributed by atoms with E-state index in [9.17, 15) is 24.9 Å². The average molecular weight is 479 g/mol. The summed E-state index contributed by atoms with van der Waals surface area (Å²) in [5, 5.41) is 34.9. The fourth-order valence-corrected chi connectivity index (χ4v) is 3.44. The van der Waals surface area contributed by atoms with Gasteiger partial charge in [-0.15, -0.1) is 0 Å². The van der Waals surface area contributed by atoms with E-state index in [1.165, 1.54) is 6.92 Å². The molecule has 0 spiro atoms. The highest BCUT2D eigenvalue weighted by Gasteiger charge is 2.44. The van der Waals surface area contributed by atoms with Gasteiger partial charge in [0.15, 0.2) is 0 Å². The molecule has 0 aromatic rings. The molecular formula is C22H42N2O9. The van der Waals surface area contributed by atoms with Gasteiger partial charge in [-0.05, 0) is 33.6 Å². The molecule has 33 heavy (non-hydrogen) atoms. The number of ether oxygens (including phenoxy) is 4. The summed E-state index contributed by atoms with van der Waals surface area (Å²) in [6, 6.07) is -0.724. The average Bonchev–Trinajstić information content (AvgIpc) is 2.72. The molecule has 0 saturated carbocycles. The van der Waals surface area contributed by atoms with Crippen LogP contribution in [0.15, 0.2) is 0 Å². The summed E-state index contributed by atoms with van der Waals surface area (Å²) in [4.78, 5) is 22.9. The highest BCUT2D eigenvalue weighted by Crippen LogP contribution is 2.25. The summed E-state index contributed by atoms with van der Waals surface area (Å²) in [6.07, 6.45) is -1.27. The first-order valence-electron chi connectivity index (χ1n) is 11.6. The van der Waals surface area contributed by atoms with Crippen molar-refractivity contribution in [1.82, 2.24) is 10.6 Å². The predicted octanol–water partition coefficient (Wildman–Crippen LogP) is 0.0909. The molecular weight excluding hydrogens is 436 g/mol. The molecule has 0 aromatic heterocycles. The fraction of sp³-hybridized carbons (Fsp3) is 0.909. The number of hydrogen-bond donors (Lipinski definition) is 5. The number of rotatable bonds is 14. The van der Waals surface area contributed by atoms with E-state index in [1.54, 1.807) is 20.8 Å². The summed E-state index contributed by atoms with van der Waals surface area (Å²) >= 11 is 0. The van der Waals surface area contributed by atoms with Crippen LogP contribution in [0.1, 0.15) is 53.4 Å². The Bertz CT molecular complexity index is 571. The maximum Gasteiger partial charge on any atom is 0.407 e. The zero-order valence-electron chi connectivity index (χ0n) is 20.2. The van der Waals surface area contributed by atoms with Gasteiger partial charge in [-0.1, -0.05) is 12.8 Å². The van der Waals surface area contributed by atoms with Gasteiger partial charge in [0.1, 0.15) is 23.9 Å². The maximum absolute atomic E-state index is 11.5. The minimum Gasteiger partial charge on any atom is -0.444 e. The summed E-state index contributed by atoms with van der Waals surface area (Å²) in [6.45, 7) is 8.51. The maximum atomic E-state index is 11.5. The zero-order valence-corrected chi connectivity index (χ0v) is 20.2. The number of hydrogen-bond acceptors (Lipinski definition) is 9. The fourth-order valence-electron chi connectivity index (χ4n) is 3.44. The first kappa shape index (κ1) is 29.5. The van der Waals surface area contributed by atoms with E-state index < -0.39 is 48.8 Å². The number of alkyl carbamates (subject to hydrolysis) is 1. The third-order valence-electron chi connectivity index (χ3n) is 4.96. The van der Waals surface area contributed by atoms with Gasteiger partial charge in [0.05, 0.1) is 38.6 Å². The monoisotopic (exact) mass is 478 g/mol. The molecule has 1 fully saturated rings. The van der Waals surface area contributed by atoms with Gasteiger partial charge < -0.3 is 44.9 Å². The van der Waals surface area contributed by atoms with Gasteiger partial charge in [0, 0.05) is 20.1 Å². The highest BCUT2D eigenvalue weighted by atomic mass is 16.6. The molecule has 1 rings (SSSR count). The van der Waals surface area contributed by atoms with Crippen molar-refractivity contribution in [3.8, 4) is 0 Å². The molecule has 1 unspecified atom stereocenters. The van der Waals surface area contributed by atoms with Crippen LogP contribution in [0.4, 0.5) is 4.79 Å². The van der Waals surface area contributed by atoms with Crippen molar-refractivity contribution in [3.63, 3.8) is 0 Å². The van der Waals surface area contributed by atoms with Crippen molar-refractivity contribution < 1.29 is 43.9 Å². The molecule has 0 aromatic carbocycles. The molecule has 0 radical (unpaired) electrons. The summed E-state index contributed by atoms with van der Waals surface area (Å²) < 4.78 is 21.7. The first-order valence-corrected chi connectivity index (χ1v) is 11.6. The Kier molecular flexibility index (Phi) is 13.8. The van der Waals surface area contributed by atoms with Crippen LogP contribution >= 0.6 is 0 Å². The molecule has 5 atom stereocenters. The summed E-state index contributed by atoms with van der Waals surface area (Å²) in [5.74, 6) is -0.321. The molecule has 11 heteroatoms. The second kappa shape index (κ2) is 15.4. The van der Waals surface area contributed by atoms with Crippen LogP contribution in [0.3, 0.4) is 0 Å². The largest absolute Gasteiger partial charge is 0.444 e.